The Labute approximate surface area is 124 Å². The predicted molar refractivity (Wildman–Crippen MR) is 83.6 cm³/mol. The Morgan fingerprint density at radius 3 is 2.80 bits per heavy atom. The molecule has 0 aliphatic heterocycles. The number of hydrogen-bond donors (Lipinski definition) is 0. The quantitative estimate of drug-likeness (QED) is 0.733. The normalized spacial score (nSPS) is 23.8. The molecule has 2 rings (SSSR count). The van der Waals surface area contributed by atoms with Crippen LogP contribution in [0.25, 0.3) is 0 Å². The lowest BCUT2D eigenvalue weighted by Crippen LogP contribution is -2.42. The first-order valence-electron chi connectivity index (χ1n) is 7.81. The van der Waals surface area contributed by atoms with Crippen molar-refractivity contribution in [3.8, 4) is 0 Å². The van der Waals surface area contributed by atoms with Gasteiger partial charge in [-0.15, -0.1) is 0 Å². The Hall–Kier alpha value is -0.713. The van der Waals surface area contributed by atoms with Crippen molar-refractivity contribution in [2.45, 2.75) is 64.8 Å². The van der Waals surface area contributed by atoms with Gasteiger partial charge in [0.1, 0.15) is 0 Å². The summed E-state index contributed by atoms with van der Waals surface area (Å²) in [5.41, 5.74) is 1.12. The molecule has 0 spiro atoms. The van der Waals surface area contributed by atoms with Crippen molar-refractivity contribution in [2.75, 3.05) is 0 Å². The van der Waals surface area contributed by atoms with Crippen molar-refractivity contribution in [1.29, 1.82) is 0 Å². The molecule has 0 saturated heterocycles. The highest BCUT2D eigenvalue weighted by atomic mass is 28.4. The Morgan fingerprint density at radius 1 is 1.30 bits per heavy atom. The molecule has 0 aromatic carbocycles. The van der Waals surface area contributed by atoms with Crippen LogP contribution in [0, 0.1) is 5.92 Å². The molecule has 0 N–H and O–H groups in total. The summed E-state index contributed by atoms with van der Waals surface area (Å²) in [6.45, 7) is 7.20. The molecule has 3 nitrogen and oxygen atoms in total. The SMILES string of the molecule is CCC1CCCCC1O[Si](C)(C)OCc1cccnc1. The summed E-state index contributed by atoms with van der Waals surface area (Å²) in [5.74, 6) is 0.720. The smallest absolute Gasteiger partial charge is 0.332 e. The molecular weight excluding hydrogens is 266 g/mol. The van der Waals surface area contributed by atoms with E-state index in [1.807, 2.05) is 18.3 Å². The van der Waals surface area contributed by atoms with E-state index in [-0.39, 0.29) is 0 Å². The van der Waals surface area contributed by atoms with E-state index < -0.39 is 8.56 Å². The lowest BCUT2D eigenvalue weighted by molar-refractivity contribution is 0.0463. The highest BCUT2D eigenvalue weighted by molar-refractivity contribution is 6.64. The van der Waals surface area contributed by atoms with Crippen molar-refractivity contribution in [1.82, 2.24) is 4.98 Å². The number of hydrogen-bond acceptors (Lipinski definition) is 3. The molecule has 2 atom stereocenters. The van der Waals surface area contributed by atoms with Gasteiger partial charge in [-0.3, -0.25) is 4.98 Å². The molecule has 1 saturated carbocycles. The second-order valence-electron chi connectivity index (χ2n) is 6.16. The summed E-state index contributed by atoms with van der Waals surface area (Å²) < 4.78 is 12.5. The van der Waals surface area contributed by atoms with Gasteiger partial charge in [0, 0.05) is 12.4 Å². The molecule has 2 unspecified atom stereocenters. The number of rotatable bonds is 6. The van der Waals surface area contributed by atoms with E-state index in [9.17, 15) is 0 Å². The fourth-order valence-corrected chi connectivity index (χ4v) is 4.56. The van der Waals surface area contributed by atoms with Gasteiger partial charge in [-0.05, 0) is 43.5 Å². The average molecular weight is 293 g/mol. The highest BCUT2D eigenvalue weighted by Gasteiger charge is 2.33. The lowest BCUT2D eigenvalue weighted by Gasteiger charge is -2.36. The molecule has 1 aromatic rings. The van der Waals surface area contributed by atoms with Crippen molar-refractivity contribution in [3.63, 3.8) is 0 Å². The van der Waals surface area contributed by atoms with Gasteiger partial charge < -0.3 is 8.85 Å². The standard InChI is InChI=1S/C16H27NO2Si/c1-4-15-9-5-6-10-16(15)19-20(2,3)18-13-14-8-7-11-17-12-14/h7-8,11-12,15-16H,4-6,9-10,13H2,1-3H3. The number of pyridine rings is 1. The third-order valence-corrected chi connectivity index (χ3v) is 5.82. The summed E-state index contributed by atoms with van der Waals surface area (Å²) in [4.78, 5) is 4.12. The zero-order valence-corrected chi connectivity index (χ0v) is 14.0. The molecule has 1 fully saturated rings. The molecule has 1 heterocycles. The maximum Gasteiger partial charge on any atom is 0.332 e. The van der Waals surface area contributed by atoms with Crippen LogP contribution >= 0.6 is 0 Å². The summed E-state index contributed by atoms with van der Waals surface area (Å²) >= 11 is 0. The maximum absolute atomic E-state index is 6.40. The molecule has 0 amide bonds. The largest absolute Gasteiger partial charge is 0.391 e. The molecule has 0 radical (unpaired) electrons. The van der Waals surface area contributed by atoms with Crippen molar-refractivity contribution < 1.29 is 8.85 Å². The fourth-order valence-electron chi connectivity index (χ4n) is 2.94. The van der Waals surface area contributed by atoms with Crippen LogP contribution in [0.3, 0.4) is 0 Å². The monoisotopic (exact) mass is 293 g/mol. The van der Waals surface area contributed by atoms with E-state index >= 15 is 0 Å². The van der Waals surface area contributed by atoms with Crippen molar-refractivity contribution in [3.05, 3.63) is 30.1 Å². The molecule has 1 aliphatic rings. The van der Waals surface area contributed by atoms with Gasteiger partial charge in [-0.1, -0.05) is 32.3 Å². The van der Waals surface area contributed by atoms with Gasteiger partial charge in [0.2, 0.25) is 0 Å². The molecule has 4 heteroatoms. The van der Waals surface area contributed by atoms with Gasteiger partial charge in [0.05, 0.1) is 12.7 Å². The van der Waals surface area contributed by atoms with Crippen LogP contribution in [-0.2, 0) is 15.5 Å². The third-order valence-electron chi connectivity index (χ3n) is 4.11. The van der Waals surface area contributed by atoms with Gasteiger partial charge in [0.25, 0.3) is 0 Å². The zero-order chi connectivity index (χ0) is 14.4. The molecule has 0 bridgehead atoms. The van der Waals surface area contributed by atoms with Gasteiger partial charge in [-0.2, -0.15) is 0 Å². The van der Waals surface area contributed by atoms with Gasteiger partial charge in [0.15, 0.2) is 0 Å². The second kappa shape index (κ2) is 7.34. The fraction of sp³-hybridized carbons (Fsp3) is 0.688. The molecule has 112 valence electrons. The van der Waals surface area contributed by atoms with E-state index in [1.165, 1.54) is 32.1 Å². The summed E-state index contributed by atoms with van der Waals surface area (Å²) in [5, 5.41) is 0. The first kappa shape index (κ1) is 15.7. The van der Waals surface area contributed by atoms with E-state index in [4.69, 9.17) is 8.85 Å². The molecule has 20 heavy (non-hydrogen) atoms. The number of aromatic nitrogens is 1. The van der Waals surface area contributed by atoms with Crippen LogP contribution in [0.5, 0.6) is 0 Å². The minimum absolute atomic E-state index is 0.407. The van der Waals surface area contributed by atoms with E-state index in [1.54, 1.807) is 6.20 Å². The number of nitrogens with zero attached hydrogens (tertiary/aromatic N) is 1. The third kappa shape index (κ3) is 4.68. The Balaban J connectivity index is 1.86. The van der Waals surface area contributed by atoms with Gasteiger partial charge in [-0.25, -0.2) is 0 Å². The minimum atomic E-state index is -2.06. The molecule has 1 aromatic heterocycles. The summed E-state index contributed by atoms with van der Waals surface area (Å²) in [6, 6.07) is 4.00. The van der Waals surface area contributed by atoms with Crippen LogP contribution in [0.4, 0.5) is 0 Å². The van der Waals surface area contributed by atoms with Crippen molar-refractivity contribution in [2.24, 2.45) is 5.92 Å². The van der Waals surface area contributed by atoms with E-state index in [2.05, 4.69) is 25.0 Å². The van der Waals surface area contributed by atoms with Gasteiger partial charge >= 0.3 is 8.56 Å². The maximum atomic E-state index is 6.40. The van der Waals surface area contributed by atoms with Crippen molar-refractivity contribution >= 4 is 8.56 Å². The van der Waals surface area contributed by atoms with Crippen LogP contribution in [0.1, 0.15) is 44.6 Å². The zero-order valence-electron chi connectivity index (χ0n) is 13.0. The summed E-state index contributed by atoms with van der Waals surface area (Å²) in [7, 11) is -2.06. The van der Waals surface area contributed by atoms with Crippen LogP contribution < -0.4 is 0 Å². The van der Waals surface area contributed by atoms with E-state index in [0.717, 1.165) is 11.5 Å². The molecular formula is C16H27NO2Si. The van der Waals surface area contributed by atoms with Crippen LogP contribution in [-0.4, -0.2) is 19.6 Å². The lowest BCUT2D eigenvalue weighted by atomic mass is 9.85. The second-order valence-corrected chi connectivity index (χ2v) is 9.48. The van der Waals surface area contributed by atoms with Crippen LogP contribution in [0.2, 0.25) is 13.1 Å². The Morgan fingerprint density at radius 2 is 2.10 bits per heavy atom. The Bertz CT molecular complexity index is 397. The summed E-state index contributed by atoms with van der Waals surface area (Å²) in [6.07, 6.45) is 10.4. The predicted octanol–water partition coefficient (Wildman–Crippen LogP) is 4.29. The first-order valence-corrected chi connectivity index (χ1v) is 10.6. The first-order chi connectivity index (χ1) is 9.61. The minimum Gasteiger partial charge on any atom is -0.391 e. The molecule has 1 aliphatic carbocycles. The van der Waals surface area contributed by atoms with Crippen LogP contribution in [0.15, 0.2) is 24.5 Å². The topological polar surface area (TPSA) is 31.4 Å². The van der Waals surface area contributed by atoms with E-state index in [0.29, 0.717) is 12.7 Å². The Kier molecular flexibility index (Phi) is 5.75. The average Bonchev–Trinajstić information content (AvgIpc) is 2.47. The highest BCUT2D eigenvalue weighted by Crippen LogP contribution is 2.31.